The molecule has 1 aliphatic heterocycles. The molecule has 26 heavy (non-hydrogen) atoms. The van der Waals surface area contributed by atoms with Crippen LogP contribution in [0.3, 0.4) is 0 Å². The first kappa shape index (κ1) is 17.9. The summed E-state index contributed by atoms with van der Waals surface area (Å²) < 4.78 is 5.78. The maximum atomic E-state index is 12.7. The fraction of sp³-hybridized carbons (Fsp3) is 0.350. The van der Waals surface area contributed by atoms with E-state index in [-0.39, 0.29) is 17.7 Å². The zero-order chi connectivity index (χ0) is 18.4. The third-order valence-electron chi connectivity index (χ3n) is 4.43. The van der Waals surface area contributed by atoms with Crippen molar-refractivity contribution in [2.75, 3.05) is 18.4 Å². The summed E-state index contributed by atoms with van der Waals surface area (Å²) >= 11 is 0. The Morgan fingerprint density at radius 3 is 2.81 bits per heavy atom. The molecule has 2 aromatic rings. The molecule has 1 saturated heterocycles. The van der Waals surface area contributed by atoms with Crippen LogP contribution in [0.1, 0.15) is 26.2 Å². The molecule has 0 radical (unpaired) electrons. The lowest BCUT2D eigenvalue weighted by atomic mass is 9.97. The van der Waals surface area contributed by atoms with Gasteiger partial charge in [0.1, 0.15) is 11.4 Å². The predicted molar refractivity (Wildman–Crippen MR) is 99.0 cm³/mol. The Balaban J connectivity index is 1.68. The molecule has 1 atom stereocenters. The second-order valence-electron chi connectivity index (χ2n) is 6.29. The number of aromatic nitrogens is 1. The fourth-order valence-electron chi connectivity index (χ4n) is 3.04. The Morgan fingerprint density at radius 1 is 1.23 bits per heavy atom. The summed E-state index contributed by atoms with van der Waals surface area (Å²) in [6, 6.07) is 12.8. The summed E-state index contributed by atoms with van der Waals surface area (Å²) in [6.45, 7) is 3.04. The number of amides is 2. The van der Waals surface area contributed by atoms with E-state index in [0.29, 0.717) is 30.3 Å². The highest BCUT2D eigenvalue weighted by Crippen LogP contribution is 2.28. The lowest BCUT2D eigenvalue weighted by molar-refractivity contribution is -0.134. The number of rotatable bonds is 5. The number of carbonyl (C=O) groups excluding carboxylic acids is 2. The van der Waals surface area contributed by atoms with Gasteiger partial charge in [-0.2, -0.15) is 0 Å². The molecule has 1 aliphatic rings. The molecule has 2 amide bonds. The van der Waals surface area contributed by atoms with Crippen LogP contribution in [-0.4, -0.2) is 34.8 Å². The van der Waals surface area contributed by atoms with Crippen molar-refractivity contribution in [2.24, 2.45) is 5.92 Å². The van der Waals surface area contributed by atoms with E-state index in [4.69, 9.17) is 4.74 Å². The third kappa shape index (κ3) is 4.39. The van der Waals surface area contributed by atoms with E-state index in [9.17, 15) is 9.59 Å². The van der Waals surface area contributed by atoms with Crippen LogP contribution in [0.5, 0.6) is 11.6 Å². The third-order valence-corrected chi connectivity index (χ3v) is 4.43. The standard InChI is InChI=1S/C20H23N3O3/c1-2-18(24)23-13-7-8-15(14-23)19(25)22-17-11-6-12-21-20(17)26-16-9-4-3-5-10-16/h3-6,9-12,15H,2,7-8,13-14H2,1H3,(H,22,25). The molecule has 0 spiro atoms. The summed E-state index contributed by atoms with van der Waals surface area (Å²) in [4.78, 5) is 30.6. The first-order valence-corrected chi connectivity index (χ1v) is 8.94. The molecule has 6 heteroatoms. The summed E-state index contributed by atoms with van der Waals surface area (Å²) in [6.07, 6.45) is 3.70. The molecule has 136 valence electrons. The van der Waals surface area contributed by atoms with Gasteiger partial charge >= 0.3 is 0 Å². The Kier molecular flexibility index (Phi) is 5.84. The molecule has 1 aromatic carbocycles. The van der Waals surface area contributed by atoms with E-state index in [1.54, 1.807) is 23.2 Å². The van der Waals surface area contributed by atoms with Crippen molar-refractivity contribution in [3.8, 4) is 11.6 Å². The van der Waals surface area contributed by atoms with Crippen LogP contribution >= 0.6 is 0 Å². The van der Waals surface area contributed by atoms with Gasteiger partial charge in [0.25, 0.3) is 0 Å². The first-order chi connectivity index (χ1) is 12.7. The normalized spacial score (nSPS) is 16.8. The summed E-state index contributed by atoms with van der Waals surface area (Å²) in [5, 5.41) is 2.91. The number of hydrogen-bond acceptors (Lipinski definition) is 4. The van der Waals surface area contributed by atoms with Gasteiger partial charge in [-0.3, -0.25) is 9.59 Å². The number of likely N-dealkylation sites (tertiary alicyclic amines) is 1. The molecule has 2 heterocycles. The van der Waals surface area contributed by atoms with Gasteiger partial charge < -0.3 is 15.0 Å². The van der Waals surface area contributed by atoms with Crippen molar-refractivity contribution < 1.29 is 14.3 Å². The number of pyridine rings is 1. The largest absolute Gasteiger partial charge is 0.437 e. The Labute approximate surface area is 153 Å². The van der Waals surface area contributed by atoms with Crippen molar-refractivity contribution in [1.82, 2.24) is 9.88 Å². The molecule has 3 rings (SSSR count). The van der Waals surface area contributed by atoms with E-state index in [1.165, 1.54) is 0 Å². The molecular weight excluding hydrogens is 330 g/mol. The van der Waals surface area contributed by atoms with Crippen LogP contribution in [0.4, 0.5) is 5.69 Å². The van der Waals surface area contributed by atoms with E-state index in [1.807, 2.05) is 37.3 Å². The molecule has 0 bridgehead atoms. The number of hydrogen-bond donors (Lipinski definition) is 1. The summed E-state index contributed by atoms with van der Waals surface area (Å²) in [5.74, 6) is 0.772. The molecule has 1 aromatic heterocycles. The van der Waals surface area contributed by atoms with Gasteiger partial charge in [0.15, 0.2) is 0 Å². The Bertz CT molecular complexity index is 764. The van der Waals surface area contributed by atoms with Crippen molar-refractivity contribution >= 4 is 17.5 Å². The van der Waals surface area contributed by atoms with Gasteiger partial charge in [0.2, 0.25) is 17.7 Å². The van der Waals surface area contributed by atoms with Gasteiger partial charge in [0.05, 0.1) is 5.92 Å². The highest BCUT2D eigenvalue weighted by Gasteiger charge is 2.28. The number of para-hydroxylation sites is 1. The number of piperidine rings is 1. The van der Waals surface area contributed by atoms with Crippen LogP contribution in [0.2, 0.25) is 0 Å². The lowest BCUT2D eigenvalue weighted by Crippen LogP contribution is -2.43. The maximum absolute atomic E-state index is 12.7. The number of nitrogens with one attached hydrogen (secondary N) is 1. The van der Waals surface area contributed by atoms with Gasteiger partial charge in [0, 0.05) is 25.7 Å². The van der Waals surface area contributed by atoms with Gasteiger partial charge in [-0.1, -0.05) is 25.1 Å². The summed E-state index contributed by atoms with van der Waals surface area (Å²) in [5.41, 5.74) is 0.528. The average molecular weight is 353 g/mol. The molecule has 1 fully saturated rings. The second-order valence-corrected chi connectivity index (χ2v) is 6.29. The van der Waals surface area contributed by atoms with E-state index >= 15 is 0 Å². The molecule has 0 saturated carbocycles. The van der Waals surface area contributed by atoms with E-state index in [2.05, 4.69) is 10.3 Å². The van der Waals surface area contributed by atoms with E-state index < -0.39 is 0 Å². The molecule has 0 aliphatic carbocycles. The maximum Gasteiger partial charge on any atom is 0.243 e. The quantitative estimate of drug-likeness (QED) is 0.893. The van der Waals surface area contributed by atoms with Crippen LogP contribution in [0.25, 0.3) is 0 Å². The zero-order valence-corrected chi connectivity index (χ0v) is 14.9. The second kappa shape index (κ2) is 8.47. The van der Waals surface area contributed by atoms with Crippen LogP contribution in [0.15, 0.2) is 48.7 Å². The number of anilines is 1. The minimum atomic E-state index is -0.218. The van der Waals surface area contributed by atoms with Crippen LogP contribution < -0.4 is 10.1 Å². The lowest BCUT2D eigenvalue weighted by Gasteiger charge is -2.32. The van der Waals surface area contributed by atoms with Gasteiger partial charge in [-0.25, -0.2) is 4.98 Å². The number of benzene rings is 1. The number of nitrogens with zero attached hydrogens (tertiary/aromatic N) is 2. The minimum absolute atomic E-state index is 0.0944. The van der Waals surface area contributed by atoms with Crippen molar-refractivity contribution in [3.05, 3.63) is 48.7 Å². The first-order valence-electron chi connectivity index (χ1n) is 8.94. The fourth-order valence-corrected chi connectivity index (χ4v) is 3.04. The van der Waals surface area contributed by atoms with Crippen LogP contribution in [0, 0.1) is 5.92 Å². The van der Waals surface area contributed by atoms with Gasteiger partial charge in [-0.05, 0) is 37.1 Å². The van der Waals surface area contributed by atoms with E-state index in [0.717, 1.165) is 19.4 Å². The Hall–Kier alpha value is -2.89. The molecule has 1 N–H and O–H groups in total. The van der Waals surface area contributed by atoms with Crippen molar-refractivity contribution in [1.29, 1.82) is 0 Å². The highest BCUT2D eigenvalue weighted by atomic mass is 16.5. The molecule has 1 unspecified atom stereocenters. The topological polar surface area (TPSA) is 71.5 Å². The average Bonchev–Trinajstić information content (AvgIpc) is 2.69. The van der Waals surface area contributed by atoms with Crippen molar-refractivity contribution in [3.63, 3.8) is 0 Å². The van der Waals surface area contributed by atoms with Crippen LogP contribution in [-0.2, 0) is 9.59 Å². The number of ether oxygens (including phenoxy) is 1. The van der Waals surface area contributed by atoms with Gasteiger partial charge in [-0.15, -0.1) is 0 Å². The Morgan fingerprint density at radius 2 is 2.04 bits per heavy atom. The zero-order valence-electron chi connectivity index (χ0n) is 14.9. The minimum Gasteiger partial charge on any atom is -0.437 e. The van der Waals surface area contributed by atoms with Crippen molar-refractivity contribution in [2.45, 2.75) is 26.2 Å². The number of carbonyl (C=O) groups is 2. The molecule has 6 nitrogen and oxygen atoms in total. The summed E-state index contributed by atoms with van der Waals surface area (Å²) in [7, 11) is 0. The monoisotopic (exact) mass is 353 g/mol. The SMILES string of the molecule is CCC(=O)N1CCCC(C(=O)Nc2cccnc2Oc2ccccc2)C1. The molecular formula is C20H23N3O3. The predicted octanol–water partition coefficient (Wildman–Crippen LogP) is 3.46. The smallest absolute Gasteiger partial charge is 0.243 e. The highest BCUT2D eigenvalue weighted by molar-refractivity contribution is 5.94.